The summed E-state index contributed by atoms with van der Waals surface area (Å²) in [5, 5.41) is 0. The molecule has 2 rings (SSSR count). The number of nitrogens with zero attached hydrogens (tertiary/aromatic N) is 2. The average Bonchev–Trinajstić information content (AvgIpc) is 2.30. The molecule has 15 heavy (non-hydrogen) atoms. The van der Waals surface area contributed by atoms with Gasteiger partial charge in [-0.15, -0.1) is 0 Å². The summed E-state index contributed by atoms with van der Waals surface area (Å²) in [6.45, 7) is 2.81. The second-order valence-corrected chi connectivity index (χ2v) is 3.52. The maximum atomic E-state index is 5.63. The van der Waals surface area contributed by atoms with Gasteiger partial charge in [0.1, 0.15) is 0 Å². The lowest BCUT2D eigenvalue weighted by Crippen LogP contribution is -2.06. The Morgan fingerprint density at radius 3 is 2.73 bits per heavy atom. The predicted molar refractivity (Wildman–Crippen MR) is 61.7 cm³/mol. The van der Waals surface area contributed by atoms with Crippen LogP contribution in [-0.4, -0.2) is 16.5 Å². The molecule has 78 valence electrons. The maximum Gasteiger partial charge on any atom is 0.0921 e. The van der Waals surface area contributed by atoms with Crippen molar-refractivity contribution in [3.05, 3.63) is 35.7 Å². The van der Waals surface area contributed by atoms with Gasteiger partial charge in [0, 0.05) is 12.4 Å². The largest absolute Gasteiger partial charge is 0.330 e. The van der Waals surface area contributed by atoms with E-state index in [1.165, 1.54) is 11.1 Å². The van der Waals surface area contributed by atoms with E-state index in [-0.39, 0.29) is 0 Å². The van der Waals surface area contributed by atoms with E-state index in [0.29, 0.717) is 6.54 Å². The predicted octanol–water partition coefficient (Wildman–Crippen LogP) is 1.69. The van der Waals surface area contributed by atoms with Crippen molar-refractivity contribution in [1.82, 2.24) is 9.97 Å². The van der Waals surface area contributed by atoms with Crippen LogP contribution in [0.4, 0.5) is 0 Å². The number of fused-ring (bicyclic) bond motifs is 1. The van der Waals surface area contributed by atoms with Crippen molar-refractivity contribution < 1.29 is 0 Å². The standard InChI is InChI=1S/C12H15N3/c1-2-9-3-4-11-12(10(9)5-6-13)15-8-7-14-11/h3-4,7-8H,2,5-6,13H2,1H3. The van der Waals surface area contributed by atoms with Crippen LogP contribution in [0.1, 0.15) is 18.1 Å². The molecule has 0 unspecified atom stereocenters. The molecule has 0 atom stereocenters. The molecule has 1 aromatic heterocycles. The van der Waals surface area contributed by atoms with Crippen LogP contribution in [0.25, 0.3) is 11.0 Å². The van der Waals surface area contributed by atoms with E-state index in [1.54, 1.807) is 12.4 Å². The Morgan fingerprint density at radius 2 is 2.00 bits per heavy atom. The Labute approximate surface area is 89.4 Å². The fourth-order valence-corrected chi connectivity index (χ4v) is 1.89. The number of benzene rings is 1. The lowest BCUT2D eigenvalue weighted by atomic mass is 10.0. The summed E-state index contributed by atoms with van der Waals surface area (Å²) in [5.74, 6) is 0. The van der Waals surface area contributed by atoms with E-state index in [0.717, 1.165) is 23.9 Å². The first-order chi connectivity index (χ1) is 7.36. The second-order valence-electron chi connectivity index (χ2n) is 3.52. The minimum atomic E-state index is 0.655. The molecule has 0 aliphatic carbocycles. The third-order valence-corrected chi connectivity index (χ3v) is 2.62. The topological polar surface area (TPSA) is 51.8 Å². The van der Waals surface area contributed by atoms with Crippen molar-refractivity contribution in [3.8, 4) is 0 Å². The maximum absolute atomic E-state index is 5.63. The van der Waals surface area contributed by atoms with E-state index in [9.17, 15) is 0 Å². The number of nitrogens with two attached hydrogens (primary N) is 1. The van der Waals surface area contributed by atoms with Gasteiger partial charge in [0.25, 0.3) is 0 Å². The molecule has 0 saturated heterocycles. The van der Waals surface area contributed by atoms with E-state index >= 15 is 0 Å². The molecule has 0 saturated carbocycles. The summed E-state index contributed by atoms with van der Waals surface area (Å²) in [5.41, 5.74) is 10.2. The van der Waals surface area contributed by atoms with Crippen molar-refractivity contribution in [2.24, 2.45) is 5.73 Å². The number of rotatable bonds is 3. The Morgan fingerprint density at radius 1 is 1.20 bits per heavy atom. The monoisotopic (exact) mass is 201 g/mol. The molecule has 0 spiro atoms. The minimum absolute atomic E-state index is 0.655. The summed E-state index contributed by atoms with van der Waals surface area (Å²) in [7, 11) is 0. The number of hydrogen-bond donors (Lipinski definition) is 1. The van der Waals surface area contributed by atoms with Crippen LogP contribution in [0.5, 0.6) is 0 Å². The Kier molecular flexibility index (Phi) is 2.92. The quantitative estimate of drug-likeness (QED) is 0.822. The van der Waals surface area contributed by atoms with Crippen LogP contribution in [0.2, 0.25) is 0 Å². The molecule has 0 amide bonds. The zero-order valence-electron chi connectivity index (χ0n) is 8.90. The fourth-order valence-electron chi connectivity index (χ4n) is 1.89. The normalized spacial score (nSPS) is 10.8. The first-order valence-electron chi connectivity index (χ1n) is 5.28. The molecule has 0 radical (unpaired) electrons. The first-order valence-corrected chi connectivity index (χ1v) is 5.28. The van der Waals surface area contributed by atoms with Crippen molar-refractivity contribution in [3.63, 3.8) is 0 Å². The van der Waals surface area contributed by atoms with E-state index in [4.69, 9.17) is 5.73 Å². The van der Waals surface area contributed by atoms with Crippen LogP contribution in [0.3, 0.4) is 0 Å². The molecular weight excluding hydrogens is 186 g/mol. The summed E-state index contributed by atoms with van der Waals surface area (Å²) in [6.07, 6.45) is 5.35. The van der Waals surface area contributed by atoms with Gasteiger partial charge in [-0.2, -0.15) is 0 Å². The van der Waals surface area contributed by atoms with Crippen molar-refractivity contribution in [1.29, 1.82) is 0 Å². The highest BCUT2D eigenvalue weighted by atomic mass is 14.8. The Hall–Kier alpha value is -1.48. The highest BCUT2D eigenvalue weighted by molar-refractivity contribution is 5.79. The highest BCUT2D eigenvalue weighted by Gasteiger charge is 2.06. The zero-order valence-corrected chi connectivity index (χ0v) is 8.90. The second kappa shape index (κ2) is 4.36. The van der Waals surface area contributed by atoms with E-state index in [1.807, 2.05) is 6.07 Å². The van der Waals surface area contributed by atoms with Crippen molar-refractivity contribution in [2.45, 2.75) is 19.8 Å². The van der Waals surface area contributed by atoms with Crippen molar-refractivity contribution >= 4 is 11.0 Å². The average molecular weight is 201 g/mol. The van der Waals surface area contributed by atoms with Gasteiger partial charge >= 0.3 is 0 Å². The summed E-state index contributed by atoms with van der Waals surface area (Å²) >= 11 is 0. The molecule has 2 N–H and O–H groups in total. The molecule has 1 aromatic carbocycles. The summed E-state index contributed by atoms with van der Waals surface area (Å²) in [6, 6.07) is 4.16. The third-order valence-electron chi connectivity index (χ3n) is 2.62. The Balaban J connectivity index is 2.67. The van der Waals surface area contributed by atoms with Gasteiger partial charge in [-0.3, -0.25) is 9.97 Å². The first kappa shape index (κ1) is 10.1. The highest BCUT2D eigenvalue weighted by Crippen LogP contribution is 2.19. The van der Waals surface area contributed by atoms with Gasteiger partial charge in [-0.25, -0.2) is 0 Å². The number of hydrogen-bond acceptors (Lipinski definition) is 3. The molecule has 0 fully saturated rings. The fraction of sp³-hybridized carbons (Fsp3) is 0.333. The van der Waals surface area contributed by atoms with Gasteiger partial charge in [0.2, 0.25) is 0 Å². The molecule has 3 heteroatoms. The van der Waals surface area contributed by atoms with Gasteiger partial charge in [0.05, 0.1) is 11.0 Å². The molecule has 0 aliphatic heterocycles. The zero-order chi connectivity index (χ0) is 10.7. The van der Waals surface area contributed by atoms with Gasteiger partial charge < -0.3 is 5.73 Å². The summed E-state index contributed by atoms with van der Waals surface area (Å²) in [4.78, 5) is 8.69. The smallest absolute Gasteiger partial charge is 0.0921 e. The molecule has 1 heterocycles. The van der Waals surface area contributed by atoms with Crippen LogP contribution in [-0.2, 0) is 12.8 Å². The van der Waals surface area contributed by atoms with Gasteiger partial charge in [0.15, 0.2) is 0 Å². The van der Waals surface area contributed by atoms with Crippen LogP contribution >= 0.6 is 0 Å². The molecule has 2 aromatic rings. The van der Waals surface area contributed by atoms with Crippen LogP contribution < -0.4 is 5.73 Å². The van der Waals surface area contributed by atoms with Gasteiger partial charge in [-0.05, 0) is 36.6 Å². The van der Waals surface area contributed by atoms with E-state index in [2.05, 4.69) is 23.0 Å². The number of aryl methyl sites for hydroxylation is 1. The summed E-state index contributed by atoms with van der Waals surface area (Å²) < 4.78 is 0. The minimum Gasteiger partial charge on any atom is -0.330 e. The lowest BCUT2D eigenvalue weighted by Gasteiger charge is -2.09. The molecule has 0 bridgehead atoms. The number of aromatic nitrogens is 2. The van der Waals surface area contributed by atoms with Crippen molar-refractivity contribution in [2.75, 3.05) is 6.54 Å². The third kappa shape index (κ3) is 1.83. The lowest BCUT2D eigenvalue weighted by molar-refractivity contribution is 0.943. The van der Waals surface area contributed by atoms with E-state index < -0.39 is 0 Å². The van der Waals surface area contributed by atoms with Crippen LogP contribution in [0.15, 0.2) is 24.5 Å². The molecular formula is C12H15N3. The molecule has 3 nitrogen and oxygen atoms in total. The molecule has 0 aliphatic rings. The van der Waals surface area contributed by atoms with Gasteiger partial charge in [-0.1, -0.05) is 13.0 Å². The van der Waals surface area contributed by atoms with Crippen LogP contribution in [0, 0.1) is 0 Å². The Bertz CT molecular complexity index is 465. The SMILES string of the molecule is CCc1ccc2nccnc2c1CCN.